The summed E-state index contributed by atoms with van der Waals surface area (Å²) in [5, 5.41) is 11.1. The highest BCUT2D eigenvalue weighted by Gasteiger charge is 2.01. The Hall–Kier alpha value is -1.81. The molecule has 1 aromatic heterocycles. The first-order valence-corrected chi connectivity index (χ1v) is 6.01. The molecule has 2 aromatic rings. The van der Waals surface area contributed by atoms with Gasteiger partial charge in [-0.05, 0) is 18.1 Å². The molecule has 0 aliphatic heterocycles. The van der Waals surface area contributed by atoms with Crippen molar-refractivity contribution in [3.05, 3.63) is 47.2 Å². The second kappa shape index (κ2) is 6.21. The molecule has 0 unspecified atom stereocenters. The maximum Gasteiger partial charge on any atom is 0.153 e. The van der Waals surface area contributed by atoms with Crippen LogP contribution in [-0.4, -0.2) is 23.9 Å². The summed E-state index contributed by atoms with van der Waals surface area (Å²) in [6.45, 7) is 0.780. The standard InChI is InChI=1S/C13H14ClN3O/c1-18-12-5-3-2-4-10(12)6-7-15-11-8-13(14)17-16-9-11/h2-5,8-9H,6-7H2,1H3,(H,15,17). The molecule has 1 N–H and O–H groups in total. The molecule has 2 rings (SSSR count). The van der Waals surface area contributed by atoms with Crippen molar-refractivity contribution in [2.24, 2.45) is 0 Å². The van der Waals surface area contributed by atoms with Crippen molar-refractivity contribution >= 4 is 17.3 Å². The third kappa shape index (κ3) is 3.34. The summed E-state index contributed by atoms with van der Waals surface area (Å²) in [5.74, 6) is 0.908. The molecule has 0 saturated heterocycles. The lowest BCUT2D eigenvalue weighted by atomic mass is 10.1. The number of benzene rings is 1. The second-order valence-corrected chi connectivity index (χ2v) is 4.14. The normalized spacial score (nSPS) is 10.1. The van der Waals surface area contributed by atoms with E-state index < -0.39 is 0 Å². The number of rotatable bonds is 5. The molecule has 0 saturated carbocycles. The lowest BCUT2D eigenvalue weighted by Crippen LogP contribution is -2.06. The van der Waals surface area contributed by atoms with Crippen molar-refractivity contribution in [2.45, 2.75) is 6.42 Å². The molecule has 1 heterocycles. The Labute approximate surface area is 111 Å². The molecule has 0 bridgehead atoms. The summed E-state index contributed by atoms with van der Waals surface area (Å²) in [5.41, 5.74) is 2.03. The topological polar surface area (TPSA) is 47.0 Å². The van der Waals surface area contributed by atoms with Gasteiger partial charge in [0.2, 0.25) is 0 Å². The maximum atomic E-state index is 5.75. The van der Waals surface area contributed by atoms with E-state index in [2.05, 4.69) is 21.6 Å². The summed E-state index contributed by atoms with van der Waals surface area (Å²) in [7, 11) is 1.68. The molecular formula is C13H14ClN3O. The van der Waals surface area contributed by atoms with Crippen LogP contribution in [0.15, 0.2) is 36.5 Å². The van der Waals surface area contributed by atoms with Crippen molar-refractivity contribution in [3.63, 3.8) is 0 Å². The molecule has 1 aromatic carbocycles. The van der Waals surface area contributed by atoms with E-state index in [1.807, 2.05) is 18.2 Å². The van der Waals surface area contributed by atoms with Crippen molar-refractivity contribution in [2.75, 3.05) is 19.0 Å². The number of nitrogens with zero attached hydrogens (tertiary/aromatic N) is 2. The third-order valence-corrected chi connectivity index (χ3v) is 2.73. The van der Waals surface area contributed by atoms with Gasteiger partial charge in [0.05, 0.1) is 19.0 Å². The van der Waals surface area contributed by atoms with E-state index in [-0.39, 0.29) is 0 Å². The van der Waals surface area contributed by atoms with E-state index in [0.29, 0.717) is 5.15 Å². The maximum absolute atomic E-state index is 5.75. The first-order valence-electron chi connectivity index (χ1n) is 5.63. The fraction of sp³-hybridized carbons (Fsp3) is 0.231. The summed E-state index contributed by atoms with van der Waals surface area (Å²) in [4.78, 5) is 0. The first-order chi connectivity index (χ1) is 8.79. The van der Waals surface area contributed by atoms with Crippen LogP contribution in [0.2, 0.25) is 5.15 Å². The van der Waals surface area contributed by atoms with Crippen LogP contribution < -0.4 is 10.1 Å². The van der Waals surface area contributed by atoms with E-state index in [0.717, 1.165) is 24.4 Å². The predicted octanol–water partition coefficient (Wildman–Crippen LogP) is 2.79. The lowest BCUT2D eigenvalue weighted by molar-refractivity contribution is 0.410. The van der Waals surface area contributed by atoms with Crippen LogP contribution >= 0.6 is 11.6 Å². The Bertz CT molecular complexity index is 519. The van der Waals surface area contributed by atoms with Crippen LogP contribution in [0.3, 0.4) is 0 Å². The summed E-state index contributed by atoms with van der Waals surface area (Å²) in [6, 6.07) is 9.72. The second-order valence-electron chi connectivity index (χ2n) is 3.76. The minimum atomic E-state index is 0.386. The Morgan fingerprint density at radius 1 is 1.33 bits per heavy atom. The zero-order valence-electron chi connectivity index (χ0n) is 10.1. The van der Waals surface area contributed by atoms with Crippen molar-refractivity contribution < 1.29 is 4.74 Å². The number of para-hydroxylation sites is 1. The molecule has 0 aliphatic carbocycles. The molecule has 18 heavy (non-hydrogen) atoms. The van der Waals surface area contributed by atoms with Crippen LogP contribution in [-0.2, 0) is 6.42 Å². The van der Waals surface area contributed by atoms with Gasteiger partial charge in [0.15, 0.2) is 5.15 Å². The van der Waals surface area contributed by atoms with Gasteiger partial charge in [0.1, 0.15) is 5.75 Å². The van der Waals surface area contributed by atoms with Crippen LogP contribution in [0.4, 0.5) is 5.69 Å². The minimum absolute atomic E-state index is 0.386. The number of nitrogens with one attached hydrogen (secondary N) is 1. The molecule has 5 heteroatoms. The average molecular weight is 264 g/mol. The Morgan fingerprint density at radius 3 is 2.94 bits per heavy atom. The molecule has 0 aliphatic rings. The lowest BCUT2D eigenvalue weighted by Gasteiger charge is -2.09. The molecule has 94 valence electrons. The van der Waals surface area contributed by atoms with Crippen molar-refractivity contribution in [1.29, 1.82) is 0 Å². The Kier molecular flexibility index (Phi) is 4.36. The SMILES string of the molecule is COc1ccccc1CCNc1cnnc(Cl)c1. The van der Waals surface area contributed by atoms with Crippen molar-refractivity contribution in [1.82, 2.24) is 10.2 Å². The van der Waals surface area contributed by atoms with E-state index in [9.17, 15) is 0 Å². The van der Waals surface area contributed by atoms with Crippen molar-refractivity contribution in [3.8, 4) is 5.75 Å². The van der Waals surface area contributed by atoms with Gasteiger partial charge in [-0.15, -0.1) is 5.10 Å². The number of ether oxygens (including phenoxy) is 1. The van der Waals surface area contributed by atoms with Crippen LogP contribution in [0.1, 0.15) is 5.56 Å². The quantitative estimate of drug-likeness (QED) is 0.901. The fourth-order valence-corrected chi connectivity index (χ4v) is 1.85. The van der Waals surface area contributed by atoms with Gasteiger partial charge in [0.25, 0.3) is 0 Å². The molecule has 0 radical (unpaired) electrons. The number of methoxy groups -OCH3 is 1. The van der Waals surface area contributed by atoms with E-state index >= 15 is 0 Å². The largest absolute Gasteiger partial charge is 0.496 e. The number of anilines is 1. The zero-order chi connectivity index (χ0) is 12.8. The van der Waals surface area contributed by atoms with Gasteiger partial charge in [0, 0.05) is 12.6 Å². The predicted molar refractivity (Wildman–Crippen MR) is 72.2 cm³/mol. The van der Waals surface area contributed by atoms with Gasteiger partial charge < -0.3 is 10.1 Å². The average Bonchev–Trinajstić information content (AvgIpc) is 2.39. The number of aromatic nitrogens is 2. The monoisotopic (exact) mass is 263 g/mol. The molecule has 0 amide bonds. The highest BCUT2D eigenvalue weighted by Crippen LogP contribution is 2.18. The number of halogens is 1. The van der Waals surface area contributed by atoms with E-state index in [4.69, 9.17) is 16.3 Å². The molecular weight excluding hydrogens is 250 g/mol. The smallest absolute Gasteiger partial charge is 0.153 e. The molecule has 0 atom stereocenters. The van der Waals surface area contributed by atoms with Crippen LogP contribution in [0, 0.1) is 0 Å². The summed E-state index contributed by atoms with van der Waals surface area (Å²) >= 11 is 5.75. The molecule has 4 nitrogen and oxygen atoms in total. The van der Waals surface area contributed by atoms with Gasteiger partial charge in [-0.2, -0.15) is 5.10 Å². The fourth-order valence-electron chi connectivity index (χ4n) is 1.69. The van der Waals surface area contributed by atoms with Crippen LogP contribution in [0.25, 0.3) is 0 Å². The Balaban J connectivity index is 1.92. The molecule has 0 spiro atoms. The number of hydrogen-bond acceptors (Lipinski definition) is 4. The molecule has 0 fully saturated rings. The van der Waals surface area contributed by atoms with E-state index in [1.165, 1.54) is 5.56 Å². The minimum Gasteiger partial charge on any atom is -0.496 e. The van der Waals surface area contributed by atoms with Gasteiger partial charge in [-0.1, -0.05) is 29.8 Å². The summed E-state index contributed by atoms with van der Waals surface area (Å²) < 4.78 is 5.30. The zero-order valence-corrected chi connectivity index (χ0v) is 10.8. The summed E-state index contributed by atoms with van der Waals surface area (Å²) in [6.07, 6.45) is 2.51. The Morgan fingerprint density at radius 2 is 2.17 bits per heavy atom. The van der Waals surface area contributed by atoms with Gasteiger partial charge in [-0.25, -0.2) is 0 Å². The van der Waals surface area contributed by atoms with Gasteiger partial charge >= 0.3 is 0 Å². The van der Waals surface area contributed by atoms with Crippen LogP contribution in [0.5, 0.6) is 5.75 Å². The van der Waals surface area contributed by atoms with Gasteiger partial charge in [-0.3, -0.25) is 0 Å². The highest BCUT2D eigenvalue weighted by atomic mass is 35.5. The first kappa shape index (κ1) is 12.6. The third-order valence-electron chi connectivity index (χ3n) is 2.54. The van der Waals surface area contributed by atoms with E-state index in [1.54, 1.807) is 19.4 Å². The number of hydrogen-bond donors (Lipinski definition) is 1. The highest BCUT2D eigenvalue weighted by molar-refractivity contribution is 6.29.